The number of ether oxygens (including phenoxy) is 2. The van der Waals surface area contributed by atoms with Crippen LogP contribution >= 0.6 is 0 Å². The molecule has 1 unspecified atom stereocenters. The molecule has 10 nitrogen and oxygen atoms in total. The Kier molecular flexibility index (Phi) is 9.23. The van der Waals surface area contributed by atoms with E-state index in [2.05, 4.69) is 14.9 Å². The average Bonchev–Trinajstić information content (AvgIpc) is 3.31. The van der Waals surface area contributed by atoms with Gasteiger partial charge in [-0.05, 0) is 37.1 Å². The molecule has 0 bridgehead atoms. The van der Waals surface area contributed by atoms with Gasteiger partial charge in [-0.25, -0.2) is 14.6 Å². The first-order valence-corrected chi connectivity index (χ1v) is 12.9. The molecule has 2 aromatic heterocycles. The Bertz CT molecular complexity index is 1250. The second kappa shape index (κ2) is 12.6. The molecule has 1 atom stereocenters. The van der Waals surface area contributed by atoms with Crippen molar-refractivity contribution in [2.75, 3.05) is 52.7 Å². The van der Waals surface area contributed by atoms with Crippen LogP contribution in [-0.4, -0.2) is 94.7 Å². The van der Waals surface area contributed by atoms with Gasteiger partial charge < -0.3 is 20.1 Å². The number of hydrogen-bond acceptors (Lipinski definition) is 8. The number of alkyl halides is 3. The summed E-state index contributed by atoms with van der Waals surface area (Å²) < 4.78 is 49.7. The number of nitrogen functional groups attached to an aromatic ring is 1. The molecule has 2 aliphatic rings. The first-order chi connectivity index (χ1) is 18.7. The van der Waals surface area contributed by atoms with Gasteiger partial charge in [0.1, 0.15) is 23.6 Å². The predicted octanol–water partition coefficient (Wildman–Crippen LogP) is 3.17. The molecule has 4 rings (SSSR count). The number of carbonyl (C=O) groups is 1. The van der Waals surface area contributed by atoms with Crippen molar-refractivity contribution < 1.29 is 27.4 Å². The SMILES string of the molecule is COC1=CC(OC)CC(c2nn(CCCCCN3CCN(C(=O)/C=C/C(F)(F)F)CC3)c3ncnc(N)c23)=C1. The van der Waals surface area contributed by atoms with E-state index >= 15 is 0 Å². The molecular formula is C26H34F3N7O3. The number of halogens is 3. The molecule has 0 aromatic carbocycles. The maximum absolute atomic E-state index is 12.3. The Hall–Kier alpha value is -3.45. The summed E-state index contributed by atoms with van der Waals surface area (Å²) in [5.41, 5.74) is 8.59. The molecule has 1 saturated heterocycles. The molecule has 3 heterocycles. The molecule has 1 aliphatic heterocycles. The quantitative estimate of drug-likeness (QED) is 0.355. The fourth-order valence-corrected chi connectivity index (χ4v) is 4.83. The van der Waals surface area contributed by atoms with Gasteiger partial charge in [-0.2, -0.15) is 18.3 Å². The molecular weight excluding hydrogens is 515 g/mol. The highest BCUT2D eigenvalue weighted by Crippen LogP contribution is 2.33. The van der Waals surface area contributed by atoms with E-state index in [4.69, 9.17) is 20.3 Å². The summed E-state index contributed by atoms with van der Waals surface area (Å²) in [6.07, 6.45) is 4.69. The first kappa shape index (κ1) is 28.6. The van der Waals surface area contributed by atoms with Gasteiger partial charge in [0.05, 0.1) is 18.6 Å². The summed E-state index contributed by atoms with van der Waals surface area (Å²) >= 11 is 0. The van der Waals surface area contributed by atoms with Crippen LogP contribution in [0.15, 0.2) is 36.4 Å². The number of methoxy groups -OCH3 is 2. The topological polar surface area (TPSA) is 112 Å². The Morgan fingerprint density at radius 3 is 2.56 bits per heavy atom. The number of aryl methyl sites for hydroxylation is 1. The van der Waals surface area contributed by atoms with Crippen LogP contribution in [0.3, 0.4) is 0 Å². The zero-order valence-corrected chi connectivity index (χ0v) is 22.2. The van der Waals surface area contributed by atoms with Crippen LogP contribution < -0.4 is 5.73 Å². The van der Waals surface area contributed by atoms with Crippen LogP contribution in [0.5, 0.6) is 0 Å². The second-order valence-corrected chi connectivity index (χ2v) is 9.55. The molecule has 212 valence electrons. The van der Waals surface area contributed by atoms with E-state index in [9.17, 15) is 18.0 Å². The van der Waals surface area contributed by atoms with Crippen molar-refractivity contribution in [2.24, 2.45) is 0 Å². The van der Waals surface area contributed by atoms with Crippen LogP contribution in [0.25, 0.3) is 16.6 Å². The minimum atomic E-state index is -4.48. The number of anilines is 1. The average molecular weight is 550 g/mol. The number of nitrogens with zero attached hydrogens (tertiary/aromatic N) is 6. The summed E-state index contributed by atoms with van der Waals surface area (Å²) in [6, 6.07) is 0. The van der Waals surface area contributed by atoms with E-state index in [0.29, 0.717) is 67.8 Å². The third-order valence-corrected chi connectivity index (χ3v) is 6.93. The fraction of sp³-hybridized carbons (Fsp3) is 0.538. The fourth-order valence-electron chi connectivity index (χ4n) is 4.83. The van der Waals surface area contributed by atoms with Crippen molar-refractivity contribution in [2.45, 2.75) is 44.5 Å². The number of amides is 1. The van der Waals surface area contributed by atoms with E-state index < -0.39 is 12.1 Å². The molecule has 2 aromatic rings. The summed E-state index contributed by atoms with van der Waals surface area (Å²) in [7, 11) is 3.27. The first-order valence-electron chi connectivity index (χ1n) is 12.9. The Labute approximate surface area is 224 Å². The zero-order chi connectivity index (χ0) is 28.0. The van der Waals surface area contributed by atoms with E-state index in [1.807, 2.05) is 16.8 Å². The number of rotatable bonds is 10. The number of fused-ring (bicyclic) bond motifs is 1. The van der Waals surface area contributed by atoms with Gasteiger partial charge in [-0.15, -0.1) is 0 Å². The highest BCUT2D eigenvalue weighted by molar-refractivity contribution is 5.96. The van der Waals surface area contributed by atoms with Crippen LogP contribution in [0.4, 0.5) is 19.0 Å². The van der Waals surface area contributed by atoms with Crippen molar-refractivity contribution in [3.8, 4) is 0 Å². The third kappa shape index (κ3) is 7.35. The summed E-state index contributed by atoms with van der Waals surface area (Å²) in [4.78, 5) is 24.3. The summed E-state index contributed by atoms with van der Waals surface area (Å²) in [6.45, 7) is 3.65. The number of piperazine rings is 1. The smallest absolute Gasteiger partial charge is 0.409 e. The Balaban J connectivity index is 1.30. The highest BCUT2D eigenvalue weighted by atomic mass is 19.4. The number of allylic oxidation sites excluding steroid dienone is 2. The van der Waals surface area contributed by atoms with Crippen LogP contribution in [0, 0.1) is 0 Å². The van der Waals surface area contributed by atoms with E-state index in [-0.39, 0.29) is 12.2 Å². The molecule has 1 fully saturated rings. The van der Waals surface area contributed by atoms with Crippen molar-refractivity contribution in [1.29, 1.82) is 0 Å². The lowest BCUT2D eigenvalue weighted by atomic mass is 9.97. The van der Waals surface area contributed by atoms with Crippen LogP contribution in [0.2, 0.25) is 0 Å². The lowest BCUT2D eigenvalue weighted by molar-refractivity contribution is -0.128. The number of carbonyl (C=O) groups excluding carboxylic acids is 1. The largest absolute Gasteiger partial charge is 0.497 e. The van der Waals surface area contributed by atoms with Gasteiger partial charge in [-0.1, -0.05) is 6.42 Å². The van der Waals surface area contributed by atoms with Crippen molar-refractivity contribution in [3.63, 3.8) is 0 Å². The molecule has 0 saturated carbocycles. The maximum atomic E-state index is 12.3. The van der Waals surface area contributed by atoms with Gasteiger partial charge in [0.15, 0.2) is 5.65 Å². The van der Waals surface area contributed by atoms with Crippen LogP contribution in [-0.2, 0) is 20.8 Å². The van der Waals surface area contributed by atoms with E-state index in [0.717, 1.165) is 37.1 Å². The molecule has 1 aliphatic carbocycles. The second-order valence-electron chi connectivity index (χ2n) is 9.55. The third-order valence-electron chi connectivity index (χ3n) is 6.93. The maximum Gasteiger partial charge on any atom is 0.409 e. The predicted molar refractivity (Wildman–Crippen MR) is 140 cm³/mol. The lowest BCUT2D eigenvalue weighted by Gasteiger charge is -2.34. The van der Waals surface area contributed by atoms with Gasteiger partial charge in [0, 0.05) is 58.4 Å². The molecule has 13 heteroatoms. The zero-order valence-electron chi connectivity index (χ0n) is 22.2. The standard InChI is InChI=1S/C26H34F3N7O3/c1-38-19-14-18(15-20(16-19)39-2)23-22-24(30)31-17-32-25(22)36(33-23)9-5-3-4-8-34-10-12-35(13-11-34)21(37)6-7-26(27,28)29/h6-7,14,16-17,20H,3-5,8-13,15H2,1-2H3,(H2,30,31,32)/b7-6+. The summed E-state index contributed by atoms with van der Waals surface area (Å²) in [5.74, 6) is 0.471. The Morgan fingerprint density at radius 2 is 1.87 bits per heavy atom. The van der Waals surface area contributed by atoms with Crippen molar-refractivity contribution in [1.82, 2.24) is 29.5 Å². The Morgan fingerprint density at radius 1 is 1.13 bits per heavy atom. The molecule has 0 radical (unpaired) electrons. The normalized spacial score (nSPS) is 19.0. The van der Waals surface area contributed by atoms with Crippen molar-refractivity contribution >= 4 is 28.3 Å². The van der Waals surface area contributed by atoms with E-state index in [1.54, 1.807) is 14.2 Å². The van der Waals surface area contributed by atoms with Crippen molar-refractivity contribution in [3.05, 3.63) is 42.1 Å². The molecule has 0 spiro atoms. The van der Waals surface area contributed by atoms with Gasteiger partial charge in [0.2, 0.25) is 5.91 Å². The van der Waals surface area contributed by atoms with Gasteiger partial charge >= 0.3 is 6.18 Å². The van der Waals surface area contributed by atoms with Gasteiger partial charge in [0.25, 0.3) is 0 Å². The molecule has 1 amide bonds. The summed E-state index contributed by atoms with van der Waals surface area (Å²) in [5, 5.41) is 5.57. The minimum Gasteiger partial charge on any atom is -0.497 e. The molecule has 39 heavy (non-hydrogen) atoms. The lowest BCUT2D eigenvalue weighted by Crippen LogP contribution is -2.48. The number of aromatic nitrogens is 4. The van der Waals surface area contributed by atoms with E-state index in [1.165, 1.54) is 11.2 Å². The highest BCUT2D eigenvalue weighted by Gasteiger charge is 2.26. The monoisotopic (exact) mass is 549 g/mol. The number of nitrogens with two attached hydrogens (primary N) is 1. The number of unbranched alkanes of at least 4 members (excludes halogenated alkanes) is 2. The number of hydrogen-bond donors (Lipinski definition) is 1. The van der Waals surface area contributed by atoms with Crippen LogP contribution in [0.1, 0.15) is 31.4 Å². The van der Waals surface area contributed by atoms with Gasteiger partial charge in [-0.3, -0.25) is 9.69 Å². The molecule has 2 N–H and O–H groups in total. The minimum absolute atomic E-state index is 0.00975.